The molecule has 0 saturated carbocycles. The molecule has 0 N–H and O–H groups in total. The number of likely N-dealkylation sites (N-methyl/N-ethyl adjacent to an activating group) is 1. The molecule has 122 valence electrons. The van der Waals surface area contributed by atoms with Gasteiger partial charge in [0, 0.05) is 13.2 Å². The van der Waals surface area contributed by atoms with Crippen LogP contribution in [0.2, 0.25) is 5.15 Å². The van der Waals surface area contributed by atoms with E-state index in [0.29, 0.717) is 15.8 Å². The van der Waals surface area contributed by atoms with Gasteiger partial charge in [-0.2, -0.15) is 0 Å². The highest BCUT2D eigenvalue weighted by Crippen LogP contribution is 2.37. The van der Waals surface area contributed by atoms with Gasteiger partial charge in [0.2, 0.25) is 0 Å². The molecule has 1 fully saturated rings. The van der Waals surface area contributed by atoms with Crippen molar-refractivity contribution in [3.63, 3.8) is 0 Å². The van der Waals surface area contributed by atoms with Gasteiger partial charge in [-0.05, 0) is 54.1 Å². The molecule has 3 rings (SSSR count). The average molecular weight is 362 g/mol. The fourth-order valence-corrected chi connectivity index (χ4v) is 3.38. The van der Waals surface area contributed by atoms with Crippen molar-refractivity contribution >= 4 is 45.7 Å². The van der Waals surface area contributed by atoms with Crippen LogP contribution in [0.3, 0.4) is 0 Å². The number of carbonyl (C=O) groups excluding carboxylic acids is 1. The minimum atomic E-state index is -0.312. The molecular weight excluding hydrogens is 349 g/mol. The number of allylic oxidation sites excluding steroid dienone is 1. The second-order valence-corrected chi connectivity index (χ2v) is 6.47. The Balaban J connectivity index is 1.98. The van der Waals surface area contributed by atoms with Crippen LogP contribution in [-0.4, -0.2) is 28.0 Å². The van der Waals surface area contributed by atoms with Crippen molar-refractivity contribution in [3.05, 3.63) is 64.0 Å². The number of pyridine rings is 1. The van der Waals surface area contributed by atoms with Crippen molar-refractivity contribution in [2.45, 2.75) is 6.92 Å². The summed E-state index contributed by atoms with van der Waals surface area (Å²) in [6.07, 6.45) is 1.58. The Kier molecular flexibility index (Phi) is 4.69. The molecule has 1 aliphatic rings. The number of carbonyl (C=O) groups is 1. The van der Waals surface area contributed by atoms with E-state index in [0.717, 1.165) is 11.1 Å². The summed E-state index contributed by atoms with van der Waals surface area (Å²) in [4.78, 5) is 22.9. The lowest BCUT2D eigenvalue weighted by molar-refractivity contribution is -0.121. The molecule has 2 aromatic rings. The highest BCUT2D eigenvalue weighted by Gasteiger charge is 2.32. The summed E-state index contributed by atoms with van der Waals surface area (Å²) in [7, 11) is 1.66. The van der Waals surface area contributed by atoms with Gasteiger partial charge in [0.15, 0.2) is 10.3 Å². The predicted octanol–water partition coefficient (Wildman–Crippen LogP) is 4.50. The largest absolute Gasteiger partial charge is 0.290 e. The van der Waals surface area contributed by atoms with Crippen LogP contribution in [0.15, 0.2) is 52.5 Å². The Bertz CT molecular complexity index is 864. The highest BCUT2D eigenvalue weighted by molar-refractivity contribution is 8.18. The number of benzene rings is 1. The van der Waals surface area contributed by atoms with Crippen molar-refractivity contribution in [2.75, 3.05) is 7.05 Å². The normalized spacial score (nSPS) is 18.4. The fourth-order valence-electron chi connectivity index (χ4n) is 2.17. The summed E-state index contributed by atoms with van der Waals surface area (Å²) in [5, 5.41) is 0.797. The molecule has 24 heavy (non-hydrogen) atoms. The molecule has 4 nitrogen and oxygen atoms in total. The van der Waals surface area contributed by atoms with Crippen LogP contribution in [-0.2, 0) is 4.79 Å². The molecule has 2 heterocycles. The first-order valence-electron chi connectivity index (χ1n) is 7.09. The van der Waals surface area contributed by atoms with Crippen LogP contribution in [0, 0.1) is 5.82 Å². The number of nitrogens with zero attached hydrogens (tertiary/aromatic N) is 3. The zero-order valence-electron chi connectivity index (χ0n) is 13.0. The standard InChI is InChI=1S/C17H13ClFN3OS/c1-10(11-5-7-12(19)8-6-11)14-16(23)22(2)17(24-14)21-13-4-3-9-20-15(13)18/h3-9H,1-2H3/b14-10-,21-17?. The van der Waals surface area contributed by atoms with Gasteiger partial charge in [-0.3, -0.25) is 9.69 Å². The molecule has 1 aliphatic heterocycles. The maximum absolute atomic E-state index is 13.1. The number of rotatable bonds is 2. The van der Waals surface area contributed by atoms with E-state index in [1.807, 2.05) is 6.92 Å². The third-order valence-electron chi connectivity index (χ3n) is 3.55. The molecule has 1 saturated heterocycles. The van der Waals surface area contributed by atoms with E-state index >= 15 is 0 Å². The summed E-state index contributed by atoms with van der Waals surface area (Å²) < 4.78 is 13.1. The predicted molar refractivity (Wildman–Crippen MR) is 95.7 cm³/mol. The molecule has 0 unspecified atom stereocenters. The fraction of sp³-hybridized carbons (Fsp3) is 0.118. The Hall–Kier alpha value is -2.18. The summed E-state index contributed by atoms with van der Waals surface area (Å²) in [6, 6.07) is 9.51. The van der Waals surface area contributed by atoms with Gasteiger partial charge < -0.3 is 0 Å². The van der Waals surface area contributed by atoms with Crippen LogP contribution in [0.1, 0.15) is 12.5 Å². The molecular formula is C17H13ClFN3OS. The van der Waals surface area contributed by atoms with Crippen molar-refractivity contribution < 1.29 is 9.18 Å². The molecule has 1 aromatic heterocycles. The summed E-state index contributed by atoms with van der Waals surface area (Å²) in [6.45, 7) is 1.83. The first kappa shape index (κ1) is 16.7. The minimum Gasteiger partial charge on any atom is -0.290 e. The molecule has 1 amide bonds. The number of thioether (sulfide) groups is 1. The smallest absolute Gasteiger partial charge is 0.266 e. The molecule has 0 atom stereocenters. The number of hydrogen-bond donors (Lipinski definition) is 0. The number of hydrogen-bond acceptors (Lipinski definition) is 4. The van der Waals surface area contributed by atoms with Gasteiger partial charge in [-0.1, -0.05) is 23.7 Å². The van der Waals surface area contributed by atoms with Crippen molar-refractivity contribution in [1.82, 2.24) is 9.88 Å². The molecule has 0 aliphatic carbocycles. The summed E-state index contributed by atoms with van der Waals surface area (Å²) in [5.74, 6) is -0.465. The first-order valence-corrected chi connectivity index (χ1v) is 8.28. The number of halogens is 2. The lowest BCUT2D eigenvalue weighted by Crippen LogP contribution is -2.23. The molecule has 1 aromatic carbocycles. The SMILES string of the molecule is C/C(=C1/SC(=Nc2cccnc2Cl)N(C)C1=O)c1ccc(F)cc1. The van der Waals surface area contributed by atoms with Crippen LogP contribution < -0.4 is 0 Å². The van der Waals surface area contributed by atoms with Crippen LogP contribution >= 0.6 is 23.4 Å². The maximum Gasteiger partial charge on any atom is 0.266 e. The number of aliphatic imine (C=N–C) groups is 1. The number of aromatic nitrogens is 1. The lowest BCUT2D eigenvalue weighted by Gasteiger charge is -2.07. The van der Waals surface area contributed by atoms with E-state index in [-0.39, 0.29) is 16.9 Å². The van der Waals surface area contributed by atoms with E-state index in [1.54, 1.807) is 37.5 Å². The monoisotopic (exact) mass is 361 g/mol. The Morgan fingerprint density at radius 3 is 2.67 bits per heavy atom. The van der Waals surface area contributed by atoms with Crippen LogP contribution in [0.4, 0.5) is 10.1 Å². The molecule has 0 bridgehead atoms. The molecule has 0 radical (unpaired) electrons. The number of amidine groups is 1. The Labute approximate surface area is 148 Å². The average Bonchev–Trinajstić information content (AvgIpc) is 2.85. The third-order valence-corrected chi connectivity index (χ3v) is 5.08. The van der Waals surface area contributed by atoms with E-state index < -0.39 is 0 Å². The molecule has 7 heteroatoms. The van der Waals surface area contributed by atoms with Crippen molar-refractivity contribution in [3.8, 4) is 0 Å². The maximum atomic E-state index is 13.1. The van der Waals surface area contributed by atoms with Crippen molar-refractivity contribution in [2.24, 2.45) is 4.99 Å². The van der Waals surface area contributed by atoms with Crippen LogP contribution in [0.25, 0.3) is 5.57 Å². The topological polar surface area (TPSA) is 45.6 Å². The van der Waals surface area contributed by atoms with Gasteiger partial charge >= 0.3 is 0 Å². The second kappa shape index (κ2) is 6.75. The van der Waals surface area contributed by atoms with Gasteiger partial charge in [-0.25, -0.2) is 14.4 Å². The third kappa shape index (κ3) is 3.20. The minimum absolute atomic E-state index is 0.152. The molecule has 0 spiro atoms. The van der Waals surface area contributed by atoms with Gasteiger partial charge in [0.25, 0.3) is 5.91 Å². The quantitative estimate of drug-likeness (QED) is 0.584. The van der Waals surface area contributed by atoms with Crippen molar-refractivity contribution in [1.29, 1.82) is 0 Å². The van der Waals surface area contributed by atoms with Crippen LogP contribution in [0.5, 0.6) is 0 Å². The zero-order chi connectivity index (χ0) is 17.3. The Morgan fingerprint density at radius 2 is 2.00 bits per heavy atom. The first-order chi connectivity index (χ1) is 11.5. The van der Waals surface area contributed by atoms with Gasteiger partial charge in [0.05, 0.1) is 4.91 Å². The van der Waals surface area contributed by atoms with Gasteiger partial charge in [0.1, 0.15) is 11.5 Å². The van der Waals surface area contributed by atoms with E-state index in [9.17, 15) is 9.18 Å². The second-order valence-electron chi connectivity index (χ2n) is 5.13. The van der Waals surface area contributed by atoms with Gasteiger partial charge in [-0.15, -0.1) is 0 Å². The van der Waals surface area contributed by atoms with E-state index in [2.05, 4.69) is 9.98 Å². The highest BCUT2D eigenvalue weighted by atomic mass is 35.5. The summed E-state index contributed by atoms with van der Waals surface area (Å²) >= 11 is 7.28. The lowest BCUT2D eigenvalue weighted by atomic mass is 10.1. The van der Waals surface area contributed by atoms with E-state index in [4.69, 9.17) is 11.6 Å². The summed E-state index contributed by atoms with van der Waals surface area (Å²) in [5.41, 5.74) is 2.07. The number of amides is 1. The zero-order valence-corrected chi connectivity index (χ0v) is 14.5. The Morgan fingerprint density at radius 1 is 1.29 bits per heavy atom. The van der Waals surface area contributed by atoms with E-state index in [1.165, 1.54) is 28.8 Å².